The van der Waals surface area contributed by atoms with Gasteiger partial charge in [-0.3, -0.25) is 0 Å². The van der Waals surface area contributed by atoms with Gasteiger partial charge in [0.05, 0.1) is 6.07 Å². The van der Waals surface area contributed by atoms with Gasteiger partial charge in [-0.15, -0.1) is 0 Å². The lowest BCUT2D eigenvalue weighted by atomic mass is 9.91. The molecule has 0 saturated carbocycles. The van der Waals surface area contributed by atoms with Crippen LogP contribution < -0.4 is 5.73 Å². The van der Waals surface area contributed by atoms with Crippen molar-refractivity contribution in [3.05, 3.63) is 59.2 Å². The summed E-state index contributed by atoms with van der Waals surface area (Å²) in [5.74, 6) is -2.91. The van der Waals surface area contributed by atoms with Crippen molar-refractivity contribution in [3.63, 3.8) is 0 Å². The van der Waals surface area contributed by atoms with Crippen molar-refractivity contribution in [2.45, 2.75) is 46.0 Å². The molecule has 2 aromatic carbocycles. The zero-order valence-electron chi connectivity index (χ0n) is 15.4. The molecule has 0 aliphatic heterocycles. The highest BCUT2D eigenvalue weighted by molar-refractivity contribution is 5.82. The lowest BCUT2D eigenvalue weighted by Gasteiger charge is -2.15. The number of nitrogen functional groups attached to an aromatic ring is 1. The Balaban J connectivity index is 2.62. The Morgan fingerprint density at radius 3 is 2.46 bits per heavy atom. The van der Waals surface area contributed by atoms with Crippen LogP contribution in [0.15, 0.2) is 48.0 Å². The van der Waals surface area contributed by atoms with E-state index < -0.39 is 5.92 Å². The van der Waals surface area contributed by atoms with Crippen LogP contribution in [0.25, 0.3) is 16.7 Å². The van der Waals surface area contributed by atoms with Crippen LogP contribution in [-0.2, 0) is 5.92 Å². The second kappa shape index (κ2) is 8.14. The highest BCUT2D eigenvalue weighted by atomic mass is 19.3. The summed E-state index contributed by atoms with van der Waals surface area (Å²) in [5.41, 5.74) is 10.6. The molecule has 136 valence electrons. The molecule has 0 aliphatic rings. The fraction of sp³-hybridized carbons (Fsp3) is 0.318. The first-order chi connectivity index (χ1) is 12.3. The van der Waals surface area contributed by atoms with Crippen molar-refractivity contribution in [3.8, 4) is 17.2 Å². The molecule has 0 aliphatic carbocycles. The first kappa shape index (κ1) is 19.7. The summed E-state index contributed by atoms with van der Waals surface area (Å²) in [6.07, 6.45) is 2.36. The van der Waals surface area contributed by atoms with Gasteiger partial charge in [0.2, 0.25) is 0 Å². The van der Waals surface area contributed by atoms with Gasteiger partial charge in [0.15, 0.2) is 0 Å². The lowest BCUT2D eigenvalue weighted by molar-refractivity contribution is 0.0175. The number of hydrogen-bond donors (Lipinski definition) is 1. The summed E-state index contributed by atoms with van der Waals surface area (Å²) in [4.78, 5) is 0. The third-order valence-electron chi connectivity index (χ3n) is 4.44. The van der Waals surface area contributed by atoms with Gasteiger partial charge in [-0.25, -0.2) is 8.78 Å². The molecule has 2 rings (SSSR count). The number of rotatable bonds is 6. The number of anilines is 1. The fourth-order valence-electron chi connectivity index (χ4n) is 3.03. The van der Waals surface area contributed by atoms with Gasteiger partial charge < -0.3 is 5.73 Å². The summed E-state index contributed by atoms with van der Waals surface area (Å²) in [6.45, 7) is 4.91. The van der Waals surface area contributed by atoms with Crippen LogP contribution in [0.2, 0.25) is 0 Å². The van der Waals surface area contributed by atoms with Crippen molar-refractivity contribution >= 4 is 11.3 Å². The normalized spacial score (nSPS) is 12.5. The van der Waals surface area contributed by atoms with Gasteiger partial charge >= 0.3 is 0 Å². The molecule has 0 fully saturated rings. The number of nitrogens with two attached hydrogens (primary N) is 1. The Hall–Kier alpha value is -2.67. The van der Waals surface area contributed by atoms with E-state index >= 15 is 0 Å². The van der Waals surface area contributed by atoms with Crippen molar-refractivity contribution in [1.29, 1.82) is 5.26 Å². The van der Waals surface area contributed by atoms with Crippen molar-refractivity contribution in [2.24, 2.45) is 0 Å². The third-order valence-corrected chi connectivity index (χ3v) is 4.44. The van der Waals surface area contributed by atoms with Gasteiger partial charge in [-0.2, -0.15) is 5.26 Å². The molecular weight excluding hydrogens is 330 g/mol. The highest BCUT2D eigenvalue weighted by Gasteiger charge is 2.24. The molecule has 0 saturated heterocycles. The largest absolute Gasteiger partial charge is 0.398 e. The molecule has 0 radical (unpaired) electrons. The van der Waals surface area contributed by atoms with Gasteiger partial charge in [0, 0.05) is 29.3 Å². The maximum Gasteiger partial charge on any atom is 0.270 e. The summed E-state index contributed by atoms with van der Waals surface area (Å²) >= 11 is 0. The number of nitrogens with zero attached hydrogens (tertiary/aromatic N) is 1. The fourth-order valence-corrected chi connectivity index (χ4v) is 3.03. The number of hydrogen-bond acceptors (Lipinski definition) is 2. The highest BCUT2D eigenvalue weighted by Crippen LogP contribution is 2.35. The van der Waals surface area contributed by atoms with E-state index in [1.165, 1.54) is 12.1 Å². The van der Waals surface area contributed by atoms with Crippen LogP contribution >= 0.6 is 0 Å². The monoisotopic (exact) mass is 354 g/mol. The third kappa shape index (κ3) is 4.29. The Bertz CT molecular complexity index is 855. The van der Waals surface area contributed by atoms with Crippen LogP contribution in [-0.4, -0.2) is 0 Å². The van der Waals surface area contributed by atoms with Crippen molar-refractivity contribution < 1.29 is 8.78 Å². The number of halogens is 2. The average Bonchev–Trinajstić information content (AvgIpc) is 2.62. The van der Waals surface area contributed by atoms with Crippen LogP contribution in [0.4, 0.5) is 14.5 Å². The second-order valence-electron chi connectivity index (χ2n) is 6.44. The van der Waals surface area contributed by atoms with E-state index in [1.54, 1.807) is 18.2 Å². The molecule has 0 amide bonds. The summed E-state index contributed by atoms with van der Waals surface area (Å²) < 4.78 is 27.4. The topological polar surface area (TPSA) is 49.8 Å². The van der Waals surface area contributed by atoms with Crippen LogP contribution in [0.5, 0.6) is 0 Å². The van der Waals surface area contributed by atoms with Crippen LogP contribution in [0, 0.1) is 11.3 Å². The molecule has 2 N–H and O–H groups in total. The van der Waals surface area contributed by atoms with Gasteiger partial charge in [-0.05, 0) is 47.7 Å². The molecule has 26 heavy (non-hydrogen) atoms. The molecule has 0 bridgehead atoms. The molecule has 0 spiro atoms. The molecule has 2 nitrogen and oxygen atoms in total. The van der Waals surface area contributed by atoms with Gasteiger partial charge in [0.1, 0.15) is 0 Å². The van der Waals surface area contributed by atoms with Gasteiger partial charge in [-0.1, -0.05) is 44.5 Å². The van der Waals surface area contributed by atoms with E-state index in [0.717, 1.165) is 36.5 Å². The molecular formula is C22H24F2N2. The Morgan fingerprint density at radius 2 is 1.88 bits per heavy atom. The molecule has 4 heteroatoms. The first-order valence-electron chi connectivity index (χ1n) is 8.82. The number of alkyl halides is 2. The average molecular weight is 354 g/mol. The summed E-state index contributed by atoms with van der Waals surface area (Å²) in [7, 11) is 0. The van der Waals surface area contributed by atoms with E-state index in [4.69, 9.17) is 5.73 Å². The second-order valence-corrected chi connectivity index (χ2v) is 6.44. The van der Waals surface area contributed by atoms with E-state index in [0.29, 0.717) is 23.2 Å². The zero-order valence-corrected chi connectivity index (χ0v) is 15.4. The minimum atomic E-state index is -2.91. The van der Waals surface area contributed by atoms with E-state index in [-0.39, 0.29) is 5.56 Å². The minimum absolute atomic E-state index is 0.0459. The first-order valence-corrected chi connectivity index (χ1v) is 8.82. The Morgan fingerprint density at radius 1 is 1.15 bits per heavy atom. The number of nitriles is 1. The predicted molar refractivity (Wildman–Crippen MR) is 104 cm³/mol. The number of allylic oxidation sites excluding steroid dienone is 2. The molecule has 0 aromatic heterocycles. The molecule has 0 unspecified atom stereocenters. The quantitative estimate of drug-likeness (QED) is 0.473. The van der Waals surface area contributed by atoms with Gasteiger partial charge in [0.25, 0.3) is 5.92 Å². The number of benzene rings is 2. The smallest absolute Gasteiger partial charge is 0.270 e. The minimum Gasteiger partial charge on any atom is -0.398 e. The van der Waals surface area contributed by atoms with Crippen LogP contribution in [0.3, 0.4) is 0 Å². The Kier molecular flexibility index (Phi) is 6.15. The lowest BCUT2D eigenvalue weighted by Crippen LogP contribution is -2.06. The molecule has 0 heterocycles. The SMILES string of the molecule is CCC/C(=C(/C#N)CC)c1ccc(N)c(-c2cccc(C(C)(F)F)c2)c1. The van der Waals surface area contributed by atoms with E-state index in [9.17, 15) is 14.0 Å². The summed E-state index contributed by atoms with van der Waals surface area (Å²) in [5, 5.41) is 9.44. The van der Waals surface area contributed by atoms with Crippen molar-refractivity contribution in [2.75, 3.05) is 5.73 Å². The maximum absolute atomic E-state index is 13.7. The van der Waals surface area contributed by atoms with E-state index in [1.807, 2.05) is 19.1 Å². The maximum atomic E-state index is 13.7. The standard InChI is InChI=1S/C22H24F2N2/c1-4-7-19(15(5-2)14-25)17-10-11-21(26)20(13-17)16-8-6-9-18(12-16)22(3,23)24/h6,8-13H,4-5,7,26H2,1-3H3/b19-15-. The molecule has 0 atom stereocenters. The predicted octanol–water partition coefficient (Wildman–Crippen LogP) is 6.53. The van der Waals surface area contributed by atoms with E-state index in [2.05, 4.69) is 13.0 Å². The van der Waals surface area contributed by atoms with Crippen molar-refractivity contribution in [1.82, 2.24) is 0 Å². The zero-order chi connectivity index (χ0) is 19.3. The van der Waals surface area contributed by atoms with Crippen LogP contribution in [0.1, 0.15) is 51.2 Å². The summed E-state index contributed by atoms with van der Waals surface area (Å²) in [6, 6.07) is 14.1. The molecule has 2 aromatic rings. The Labute approximate surface area is 154 Å².